The molecule has 1 aliphatic rings. The standard InChI is InChI=1S/C9H9BrO2.C7H15NO.C3H8.C2H6.2CH2O/c1-6-5-7(9(11)12-2)3-4-8(6)10;1-8-5-2-3-7(9)4-6-8;1-3-2;3*1-2/h3-5H,1-2H3;7,9H,2-6H2,1H3;3H2,1-2H3;1-2H3;2*1H2. The molecule has 1 N–H and O–H groups in total. The van der Waals surface area contributed by atoms with E-state index in [4.69, 9.17) is 9.59 Å². The van der Waals surface area contributed by atoms with Crippen LogP contribution in [0.4, 0.5) is 0 Å². The lowest BCUT2D eigenvalue weighted by Crippen LogP contribution is -2.19. The van der Waals surface area contributed by atoms with Crippen LogP contribution >= 0.6 is 15.9 Å². The van der Waals surface area contributed by atoms with Crippen LogP contribution in [0.25, 0.3) is 0 Å². The van der Waals surface area contributed by atoms with Gasteiger partial charge in [-0.15, -0.1) is 0 Å². The summed E-state index contributed by atoms with van der Waals surface area (Å²) in [6, 6.07) is 5.35. The molecule has 1 heterocycles. The fraction of sp³-hybridized carbons (Fsp3) is 0.609. The number of aliphatic hydroxyl groups excluding tert-OH is 1. The second-order valence-corrected chi connectivity index (χ2v) is 6.90. The Hall–Kier alpha value is -1.57. The van der Waals surface area contributed by atoms with E-state index in [1.807, 2.05) is 40.4 Å². The number of ether oxygens (including phenoxy) is 1. The van der Waals surface area contributed by atoms with Crippen molar-refractivity contribution in [3.63, 3.8) is 0 Å². The van der Waals surface area contributed by atoms with Crippen molar-refractivity contribution in [2.75, 3.05) is 27.2 Å². The van der Waals surface area contributed by atoms with Crippen molar-refractivity contribution in [1.29, 1.82) is 0 Å². The topological polar surface area (TPSA) is 83.9 Å². The van der Waals surface area contributed by atoms with E-state index in [0.717, 1.165) is 42.4 Å². The predicted octanol–water partition coefficient (Wildman–Crippen LogP) is 5.08. The molecule has 1 atom stereocenters. The van der Waals surface area contributed by atoms with Gasteiger partial charge in [0.2, 0.25) is 0 Å². The third kappa shape index (κ3) is 21.1. The van der Waals surface area contributed by atoms with Crippen LogP contribution in [0.15, 0.2) is 22.7 Å². The zero-order valence-electron chi connectivity index (χ0n) is 19.9. The molecule has 0 radical (unpaired) electrons. The summed E-state index contributed by atoms with van der Waals surface area (Å²) in [6.45, 7) is 16.4. The van der Waals surface area contributed by atoms with E-state index in [2.05, 4.69) is 46.5 Å². The lowest BCUT2D eigenvalue weighted by Gasteiger charge is -2.10. The third-order valence-electron chi connectivity index (χ3n) is 3.50. The number of halogens is 1. The first-order valence-corrected chi connectivity index (χ1v) is 10.9. The normalized spacial score (nSPS) is 14.5. The first kappa shape index (κ1) is 35.8. The number of benzene rings is 1. The minimum atomic E-state index is -0.300. The van der Waals surface area contributed by atoms with Gasteiger partial charge >= 0.3 is 5.97 Å². The molecule has 0 bridgehead atoms. The fourth-order valence-electron chi connectivity index (χ4n) is 2.11. The smallest absolute Gasteiger partial charge is 0.337 e. The average molecular weight is 492 g/mol. The zero-order valence-corrected chi connectivity index (χ0v) is 21.5. The molecule has 1 aromatic carbocycles. The summed E-state index contributed by atoms with van der Waals surface area (Å²) in [6.07, 6.45) is 4.31. The molecule has 0 aliphatic carbocycles. The van der Waals surface area contributed by atoms with Crippen molar-refractivity contribution in [3.05, 3.63) is 33.8 Å². The Morgan fingerprint density at radius 2 is 1.67 bits per heavy atom. The molecular formula is C23H42BrNO5. The molecule has 1 saturated heterocycles. The second-order valence-electron chi connectivity index (χ2n) is 6.05. The molecule has 0 aromatic heterocycles. The number of carbonyl (C=O) groups excluding carboxylic acids is 3. The lowest BCUT2D eigenvalue weighted by molar-refractivity contribution is -0.0987. The van der Waals surface area contributed by atoms with Crippen molar-refractivity contribution in [2.24, 2.45) is 0 Å². The summed E-state index contributed by atoms with van der Waals surface area (Å²) in [5.74, 6) is -0.300. The van der Waals surface area contributed by atoms with Crippen LogP contribution in [0.5, 0.6) is 0 Å². The summed E-state index contributed by atoms with van der Waals surface area (Å²) in [4.78, 5) is 29.3. The molecule has 0 amide bonds. The number of hydrogen-bond donors (Lipinski definition) is 1. The maximum Gasteiger partial charge on any atom is 0.337 e. The van der Waals surface area contributed by atoms with Crippen LogP contribution in [0.3, 0.4) is 0 Å². The largest absolute Gasteiger partial charge is 0.465 e. The summed E-state index contributed by atoms with van der Waals surface area (Å²) >= 11 is 3.35. The van der Waals surface area contributed by atoms with Crippen molar-refractivity contribution in [3.8, 4) is 0 Å². The molecule has 6 nitrogen and oxygen atoms in total. The molecular weight excluding hydrogens is 450 g/mol. The van der Waals surface area contributed by atoms with Gasteiger partial charge in [0, 0.05) is 11.0 Å². The number of nitrogens with zero attached hydrogens (tertiary/aromatic N) is 1. The van der Waals surface area contributed by atoms with Crippen LogP contribution in [0, 0.1) is 6.92 Å². The Bertz CT molecular complexity index is 502. The molecule has 1 fully saturated rings. The third-order valence-corrected chi connectivity index (χ3v) is 4.39. The number of carbonyl (C=O) groups is 3. The number of aryl methyl sites for hydroxylation is 1. The maximum absolute atomic E-state index is 11.0. The summed E-state index contributed by atoms with van der Waals surface area (Å²) in [5.41, 5.74) is 1.61. The van der Waals surface area contributed by atoms with Crippen molar-refractivity contribution < 1.29 is 24.2 Å². The van der Waals surface area contributed by atoms with E-state index >= 15 is 0 Å². The molecule has 7 heteroatoms. The molecule has 0 saturated carbocycles. The van der Waals surface area contributed by atoms with Gasteiger partial charge in [-0.3, -0.25) is 0 Å². The number of esters is 1. The minimum absolute atomic E-state index is 0.0325. The van der Waals surface area contributed by atoms with Crippen LogP contribution < -0.4 is 0 Å². The van der Waals surface area contributed by atoms with Gasteiger partial charge in [0.05, 0.1) is 18.8 Å². The first-order valence-electron chi connectivity index (χ1n) is 10.1. The van der Waals surface area contributed by atoms with Gasteiger partial charge in [0.1, 0.15) is 13.6 Å². The zero-order chi connectivity index (χ0) is 24.5. The van der Waals surface area contributed by atoms with E-state index in [-0.39, 0.29) is 12.1 Å². The molecule has 1 unspecified atom stereocenters. The summed E-state index contributed by atoms with van der Waals surface area (Å²) in [5, 5.41) is 9.18. The minimum Gasteiger partial charge on any atom is -0.465 e. The number of aliphatic hydroxyl groups is 1. The van der Waals surface area contributed by atoms with E-state index in [1.54, 1.807) is 12.1 Å². The van der Waals surface area contributed by atoms with E-state index in [9.17, 15) is 9.90 Å². The fourth-order valence-corrected chi connectivity index (χ4v) is 2.36. The van der Waals surface area contributed by atoms with Gasteiger partial charge in [-0.2, -0.15) is 0 Å². The Morgan fingerprint density at radius 3 is 2.10 bits per heavy atom. The van der Waals surface area contributed by atoms with E-state index in [1.165, 1.54) is 13.5 Å². The van der Waals surface area contributed by atoms with Gasteiger partial charge in [0.25, 0.3) is 0 Å². The Balaban J connectivity index is -0.000000166. The lowest BCUT2D eigenvalue weighted by atomic mass is 10.1. The Labute approximate surface area is 192 Å². The van der Waals surface area contributed by atoms with Gasteiger partial charge in [-0.05, 0) is 63.5 Å². The van der Waals surface area contributed by atoms with Gasteiger partial charge in [-0.1, -0.05) is 50.0 Å². The Morgan fingerprint density at radius 1 is 1.17 bits per heavy atom. The van der Waals surface area contributed by atoms with E-state index in [0.29, 0.717) is 5.56 Å². The van der Waals surface area contributed by atoms with Crippen molar-refractivity contribution in [2.45, 2.75) is 66.4 Å². The monoisotopic (exact) mass is 491 g/mol. The number of methoxy groups -OCH3 is 1. The number of rotatable bonds is 1. The molecule has 0 spiro atoms. The highest BCUT2D eigenvalue weighted by atomic mass is 79.9. The average Bonchev–Trinajstić information content (AvgIpc) is 2.98. The second kappa shape index (κ2) is 27.4. The van der Waals surface area contributed by atoms with Crippen LogP contribution in [0.2, 0.25) is 0 Å². The Kier molecular flexibility index (Phi) is 32.8. The van der Waals surface area contributed by atoms with E-state index < -0.39 is 0 Å². The molecule has 176 valence electrons. The highest BCUT2D eigenvalue weighted by Gasteiger charge is 2.10. The highest BCUT2D eigenvalue weighted by Crippen LogP contribution is 2.17. The summed E-state index contributed by atoms with van der Waals surface area (Å²) in [7, 11) is 3.48. The molecule has 1 aromatic rings. The molecule has 1 aliphatic heterocycles. The van der Waals surface area contributed by atoms with Gasteiger partial charge in [0.15, 0.2) is 0 Å². The molecule has 2 rings (SSSR count). The summed E-state index contributed by atoms with van der Waals surface area (Å²) < 4.78 is 5.57. The quantitative estimate of drug-likeness (QED) is 0.551. The van der Waals surface area contributed by atoms with Crippen molar-refractivity contribution >= 4 is 35.5 Å². The predicted molar refractivity (Wildman–Crippen MR) is 129 cm³/mol. The number of hydrogen-bond acceptors (Lipinski definition) is 6. The van der Waals surface area contributed by atoms with Gasteiger partial charge in [-0.25, -0.2) is 4.79 Å². The van der Waals surface area contributed by atoms with Crippen LogP contribution in [-0.4, -0.2) is 62.9 Å². The highest BCUT2D eigenvalue weighted by molar-refractivity contribution is 9.10. The SMILES string of the molecule is C=O.C=O.CC.CCC.CN1CCCC(O)CC1.COC(=O)c1ccc(Br)c(C)c1. The van der Waals surface area contributed by atoms with Gasteiger partial charge < -0.3 is 24.3 Å². The molecule has 30 heavy (non-hydrogen) atoms. The van der Waals surface area contributed by atoms with Crippen molar-refractivity contribution in [1.82, 2.24) is 4.90 Å². The first-order chi connectivity index (χ1) is 14.3. The van der Waals surface area contributed by atoms with Crippen LogP contribution in [-0.2, 0) is 14.3 Å². The maximum atomic E-state index is 11.0. The number of likely N-dealkylation sites (tertiary alicyclic amines) is 1. The van der Waals surface area contributed by atoms with Crippen LogP contribution in [0.1, 0.15) is 69.3 Å².